The van der Waals surface area contributed by atoms with Crippen molar-refractivity contribution in [2.45, 2.75) is 19.6 Å². The molecular weight excluding hydrogens is 246 g/mol. The van der Waals surface area contributed by atoms with Crippen LogP contribution in [0.3, 0.4) is 0 Å². The predicted octanol–water partition coefficient (Wildman–Crippen LogP) is 0.692. The normalized spacial score (nSPS) is 12.4. The second kappa shape index (κ2) is 5.27. The minimum Gasteiger partial charge on any atom is -0.496 e. The summed E-state index contributed by atoms with van der Waals surface area (Å²) in [4.78, 5) is 11.8. The highest BCUT2D eigenvalue weighted by molar-refractivity contribution is 5.38. The van der Waals surface area contributed by atoms with E-state index >= 15 is 0 Å². The van der Waals surface area contributed by atoms with E-state index in [1.165, 1.54) is 15.6 Å². The van der Waals surface area contributed by atoms with E-state index in [0.29, 0.717) is 12.3 Å². The van der Waals surface area contributed by atoms with Crippen LogP contribution in [0.2, 0.25) is 0 Å². The number of rotatable bonds is 4. The highest BCUT2D eigenvalue weighted by atomic mass is 16.5. The minimum absolute atomic E-state index is 0.190. The lowest BCUT2D eigenvalue weighted by molar-refractivity contribution is 0.199. The van der Waals surface area contributed by atoms with Crippen molar-refractivity contribution in [1.29, 1.82) is 0 Å². The van der Waals surface area contributed by atoms with Crippen molar-refractivity contribution in [3.63, 3.8) is 0 Å². The third kappa shape index (κ3) is 2.68. The van der Waals surface area contributed by atoms with Gasteiger partial charge < -0.3 is 9.84 Å². The van der Waals surface area contributed by atoms with Crippen LogP contribution in [0.5, 0.6) is 5.75 Å². The summed E-state index contributed by atoms with van der Waals surface area (Å²) in [5.74, 6) is 0.668. The van der Waals surface area contributed by atoms with Crippen LogP contribution in [0.25, 0.3) is 0 Å². The molecule has 1 aromatic carbocycles. The molecule has 6 heteroatoms. The fourth-order valence-electron chi connectivity index (χ4n) is 1.87. The second-order valence-corrected chi connectivity index (χ2v) is 4.43. The lowest BCUT2D eigenvalue weighted by Crippen LogP contribution is -2.23. The molecule has 1 N–H and O–H groups in total. The second-order valence-electron chi connectivity index (χ2n) is 4.43. The first-order chi connectivity index (χ1) is 9.02. The van der Waals surface area contributed by atoms with Gasteiger partial charge in [0, 0.05) is 12.6 Å². The Kier molecular flexibility index (Phi) is 3.71. The van der Waals surface area contributed by atoms with Crippen molar-refractivity contribution in [3.05, 3.63) is 46.1 Å². The Morgan fingerprint density at radius 2 is 2.21 bits per heavy atom. The number of methoxy groups -OCH3 is 1. The van der Waals surface area contributed by atoms with Crippen molar-refractivity contribution in [1.82, 2.24) is 14.3 Å². The molecule has 0 radical (unpaired) electrons. The Morgan fingerprint density at radius 1 is 1.47 bits per heavy atom. The number of ether oxygens (including phenoxy) is 1. The molecule has 2 rings (SSSR count). The van der Waals surface area contributed by atoms with E-state index in [4.69, 9.17) is 4.74 Å². The molecule has 102 valence electrons. The Morgan fingerprint density at radius 3 is 2.74 bits per heavy atom. The number of aliphatic hydroxyl groups excluding tert-OH is 1. The van der Waals surface area contributed by atoms with E-state index in [0.717, 1.165) is 11.1 Å². The Hall–Kier alpha value is -2.08. The molecule has 0 saturated heterocycles. The van der Waals surface area contributed by atoms with Gasteiger partial charge in [0.15, 0.2) is 0 Å². The highest BCUT2D eigenvalue weighted by Crippen LogP contribution is 2.23. The predicted molar refractivity (Wildman–Crippen MR) is 70.2 cm³/mol. The summed E-state index contributed by atoms with van der Waals surface area (Å²) < 4.78 is 8.03. The SMILES string of the molecule is COc1ccc(C(C)O)cc1Cn1ncn(C)c1=O. The molecule has 6 nitrogen and oxygen atoms in total. The zero-order valence-corrected chi connectivity index (χ0v) is 11.2. The summed E-state index contributed by atoms with van der Waals surface area (Å²) in [5, 5.41) is 13.6. The number of aliphatic hydroxyl groups is 1. The van der Waals surface area contributed by atoms with Gasteiger partial charge in [-0.2, -0.15) is 5.10 Å². The standard InChI is InChI=1S/C13H17N3O3/c1-9(17)10-4-5-12(19-3)11(6-10)7-16-13(18)15(2)8-14-16/h4-6,8-9,17H,7H2,1-3H3. The summed E-state index contributed by atoms with van der Waals surface area (Å²) in [6.07, 6.45) is 0.901. The maximum Gasteiger partial charge on any atom is 0.345 e. The average Bonchev–Trinajstić information content (AvgIpc) is 2.70. The number of nitrogens with zero attached hydrogens (tertiary/aromatic N) is 3. The first kappa shape index (κ1) is 13.4. The third-order valence-electron chi connectivity index (χ3n) is 2.99. The number of benzene rings is 1. The molecule has 0 fully saturated rings. The smallest absolute Gasteiger partial charge is 0.345 e. The maximum absolute atomic E-state index is 11.8. The molecular formula is C13H17N3O3. The number of aryl methyl sites for hydroxylation is 1. The van der Waals surface area contributed by atoms with Crippen LogP contribution in [0.1, 0.15) is 24.2 Å². The lowest BCUT2D eigenvalue weighted by Gasteiger charge is -2.12. The van der Waals surface area contributed by atoms with Crippen LogP contribution >= 0.6 is 0 Å². The van der Waals surface area contributed by atoms with Gasteiger partial charge in [0.1, 0.15) is 12.1 Å². The molecule has 0 spiro atoms. The Labute approximate surface area is 110 Å². The van der Waals surface area contributed by atoms with E-state index in [-0.39, 0.29) is 5.69 Å². The van der Waals surface area contributed by atoms with Crippen molar-refractivity contribution >= 4 is 0 Å². The van der Waals surface area contributed by atoms with E-state index < -0.39 is 6.10 Å². The first-order valence-electron chi connectivity index (χ1n) is 5.96. The number of hydrogen-bond acceptors (Lipinski definition) is 4. The van der Waals surface area contributed by atoms with Crippen LogP contribution in [-0.2, 0) is 13.6 Å². The molecule has 0 saturated carbocycles. The average molecular weight is 263 g/mol. The summed E-state index contributed by atoms with van der Waals surface area (Å²) in [7, 11) is 3.22. The molecule has 1 aromatic heterocycles. The maximum atomic E-state index is 11.8. The highest BCUT2D eigenvalue weighted by Gasteiger charge is 2.10. The van der Waals surface area contributed by atoms with Gasteiger partial charge in [0.2, 0.25) is 0 Å². The van der Waals surface area contributed by atoms with Gasteiger partial charge in [0.25, 0.3) is 0 Å². The van der Waals surface area contributed by atoms with Gasteiger partial charge >= 0.3 is 5.69 Å². The van der Waals surface area contributed by atoms with Crippen LogP contribution in [0.4, 0.5) is 0 Å². The van der Waals surface area contributed by atoms with Gasteiger partial charge in [-0.3, -0.25) is 4.57 Å². The summed E-state index contributed by atoms with van der Waals surface area (Å²) in [5.41, 5.74) is 1.39. The molecule has 0 amide bonds. The van der Waals surface area contributed by atoms with Gasteiger partial charge in [-0.05, 0) is 24.6 Å². The zero-order chi connectivity index (χ0) is 14.0. The van der Waals surface area contributed by atoms with Gasteiger partial charge in [0.05, 0.1) is 19.8 Å². The Bertz CT molecular complexity index is 628. The summed E-state index contributed by atoms with van der Waals surface area (Å²) in [6, 6.07) is 5.41. The number of aromatic nitrogens is 3. The molecule has 1 unspecified atom stereocenters. The molecule has 1 atom stereocenters. The fraction of sp³-hybridized carbons (Fsp3) is 0.385. The Balaban J connectivity index is 2.40. The first-order valence-corrected chi connectivity index (χ1v) is 5.96. The molecule has 0 bridgehead atoms. The fourth-order valence-corrected chi connectivity index (χ4v) is 1.87. The van der Waals surface area contributed by atoms with Crippen molar-refractivity contribution in [2.75, 3.05) is 7.11 Å². The van der Waals surface area contributed by atoms with Crippen LogP contribution in [-0.4, -0.2) is 26.6 Å². The van der Waals surface area contributed by atoms with Crippen molar-refractivity contribution in [3.8, 4) is 5.75 Å². The molecule has 2 aromatic rings. The van der Waals surface area contributed by atoms with Crippen LogP contribution in [0, 0.1) is 0 Å². The zero-order valence-electron chi connectivity index (χ0n) is 11.2. The van der Waals surface area contributed by atoms with Crippen LogP contribution in [0.15, 0.2) is 29.3 Å². The quantitative estimate of drug-likeness (QED) is 0.881. The summed E-state index contributed by atoms with van der Waals surface area (Å²) >= 11 is 0. The van der Waals surface area contributed by atoms with Crippen molar-refractivity contribution < 1.29 is 9.84 Å². The third-order valence-corrected chi connectivity index (χ3v) is 2.99. The molecule has 1 heterocycles. The topological polar surface area (TPSA) is 69.3 Å². The van der Waals surface area contributed by atoms with Gasteiger partial charge in [-0.15, -0.1) is 0 Å². The molecule has 19 heavy (non-hydrogen) atoms. The molecule has 0 aliphatic carbocycles. The van der Waals surface area contributed by atoms with Crippen LogP contribution < -0.4 is 10.4 Å². The monoisotopic (exact) mass is 263 g/mol. The van der Waals surface area contributed by atoms with E-state index in [9.17, 15) is 9.90 Å². The van der Waals surface area contributed by atoms with Gasteiger partial charge in [-0.25, -0.2) is 9.48 Å². The molecule has 0 aliphatic heterocycles. The van der Waals surface area contributed by atoms with E-state index in [2.05, 4.69) is 5.10 Å². The minimum atomic E-state index is -0.565. The molecule has 0 aliphatic rings. The number of hydrogen-bond donors (Lipinski definition) is 1. The lowest BCUT2D eigenvalue weighted by atomic mass is 10.1. The summed E-state index contributed by atoms with van der Waals surface area (Å²) in [6.45, 7) is 2.00. The van der Waals surface area contributed by atoms with Gasteiger partial charge in [-0.1, -0.05) is 6.07 Å². The van der Waals surface area contributed by atoms with E-state index in [1.807, 2.05) is 6.07 Å². The van der Waals surface area contributed by atoms with Crippen molar-refractivity contribution in [2.24, 2.45) is 7.05 Å². The largest absolute Gasteiger partial charge is 0.496 e. The van der Waals surface area contributed by atoms with E-state index in [1.54, 1.807) is 33.2 Å².